The average molecular weight is 829 g/mol. The number of esters is 3. The van der Waals surface area contributed by atoms with E-state index in [4.69, 9.17) is 14.2 Å². The minimum atomic E-state index is -0.820. The molecule has 0 aliphatic rings. The Morgan fingerprint density at radius 3 is 1.12 bits per heavy atom. The molecule has 0 fully saturated rings. The van der Waals surface area contributed by atoms with Gasteiger partial charge in [-0.25, -0.2) is 0 Å². The van der Waals surface area contributed by atoms with E-state index in [0.29, 0.717) is 12.8 Å². The molecule has 6 nitrogen and oxygen atoms in total. The Hall–Kier alpha value is -4.19. The molecule has 0 aliphatic heterocycles. The van der Waals surface area contributed by atoms with Crippen LogP contribution in [0.1, 0.15) is 181 Å². The van der Waals surface area contributed by atoms with Crippen LogP contribution in [0.25, 0.3) is 0 Å². The summed E-state index contributed by atoms with van der Waals surface area (Å²) in [5.41, 5.74) is 0. The molecule has 0 aromatic carbocycles. The fourth-order valence-corrected chi connectivity index (χ4v) is 5.75. The average Bonchev–Trinajstić information content (AvgIpc) is 3.24. The van der Waals surface area contributed by atoms with Crippen LogP contribution in [0.3, 0.4) is 0 Å². The van der Waals surface area contributed by atoms with Gasteiger partial charge in [0.1, 0.15) is 13.2 Å². The van der Waals surface area contributed by atoms with E-state index in [1.54, 1.807) is 0 Å². The van der Waals surface area contributed by atoms with Gasteiger partial charge >= 0.3 is 17.9 Å². The van der Waals surface area contributed by atoms with E-state index in [1.165, 1.54) is 19.3 Å². The van der Waals surface area contributed by atoms with Crippen molar-refractivity contribution >= 4 is 17.9 Å². The number of rotatable bonds is 40. The summed E-state index contributed by atoms with van der Waals surface area (Å²) < 4.78 is 16.6. The summed E-state index contributed by atoms with van der Waals surface area (Å²) in [7, 11) is 0. The summed E-state index contributed by atoms with van der Waals surface area (Å²) >= 11 is 0. The van der Waals surface area contributed by atoms with Crippen LogP contribution < -0.4 is 0 Å². The first-order valence-electron chi connectivity index (χ1n) is 23.5. The molecule has 1 unspecified atom stereocenters. The Kier molecular flexibility index (Phi) is 44.2. The van der Waals surface area contributed by atoms with Crippen molar-refractivity contribution in [3.05, 3.63) is 122 Å². The second kappa shape index (κ2) is 47.5. The molecule has 0 spiro atoms. The molecule has 0 aromatic rings. The van der Waals surface area contributed by atoms with Crippen molar-refractivity contribution in [3.8, 4) is 0 Å². The zero-order valence-electron chi connectivity index (χ0n) is 38.2. The van der Waals surface area contributed by atoms with E-state index in [2.05, 4.69) is 130 Å². The summed E-state index contributed by atoms with van der Waals surface area (Å²) in [5.74, 6) is -1.05. The first kappa shape index (κ1) is 55.8. The SMILES string of the molecule is CC/C=C\C/C=C\C/C=C\C/C=C\C/C=C\C/C=C\CCC(=O)OCC(COC(=O)CCCCCCCC)OC(=O)CCCCCC/C=C\C/C=C\C/C=C\C/C=C\CC. The van der Waals surface area contributed by atoms with Gasteiger partial charge in [0.25, 0.3) is 0 Å². The van der Waals surface area contributed by atoms with E-state index >= 15 is 0 Å². The molecular weight excluding hydrogens is 745 g/mol. The summed E-state index contributed by atoms with van der Waals surface area (Å²) in [5, 5.41) is 0. The zero-order valence-corrected chi connectivity index (χ0v) is 38.2. The highest BCUT2D eigenvalue weighted by molar-refractivity contribution is 5.71. The topological polar surface area (TPSA) is 78.9 Å². The van der Waals surface area contributed by atoms with Gasteiger partial charge in [-0.15, -0.1) is 0 Å². The van der Waals surface area contributed by atoms with Gasteiger partial charge in [0.05, 0.1) is 0 Å². The standard InChI is InChI=1S/C54H84O6/c1-4-7-10-13-16-18-20-22-24-26-27-29-30-32-34-36-38-41-44-47-53(56)59-50-51(49-58-52(55)46-43-40-15-12-9-6-3)60-54(57)48-45-42-39-37-35-33-31-28-25-23-21-19-17-14-11-8-5-2/h7-8,10-11,16-19,22-25,27,29,31-34,38,41,51H,4-6,9,12-15,20-21,26,28,30,35-37,39-40,42-50H2,1-3H3/b10-7-,11-8-,18-16-,19-17-,24-22-,25-23-,29-27-,33-31-,34-32-,41-38-. The monoisotopic (exact) mass is 829 g/mol. The van der Waals surface area contributed by atoms with Crippen molar-refractivity contribution in [2.45, 2.75) is 187 Å². The van der Waals surface area contributed by atoms with Gasteiger partial charge in [-0.1, -0.05) is 187 Å². The van der Waals surface area contributed by atoms with E-state index in [1.807, 2.05) is 12.2 Å². The fourth-order valence-electron chi connectivity index (χ4n) is 5.75. The van der Waals surface area contributed by atoms with Crippen LogP contribution in [0.2, 0.25) is 0 Å². The Labute approximate surface area is 367 Å². The van der Waals surface area contributed by atoms with Crippen molar-refractivity contribution < 1.29 is 28.6 Å². The molecule has 0 aromatic heterocycles. The van der Waals surface area contributed by atoms with Crippen molar-refractivity contribution in [1.29, 1.82) is 0 Å². The molecule has 0 amide bonds. The smallest absolute Gasteiger partial charge is 0.306 e. The molecular formula is C54H84O6. The Bertz CT molecular complexity index is 1320. The summed E-state index contributed by atoms with van der Waals surface area (Å²) in [6.45, 7) is 6.23. The summed E-state index contributed by atoms with van der Waals surface area (Å²) in [6.07, 6.45) is 65.0. The largest absolute Gasteiger partial charge is 0.462 e. The van der Waals surface area contributed by atoms with Gasteiger partial charge in [-0.3, -0.25) is 14.4 Å². The van der Waals surface area contributed by atoms with Crippen LogP contribution in [0.4, 0.5) is 0 Å². The molecule has 60 heavy (non-hydrogen) atoms. The molecule has 336 valence electrons. The first-order valence-corrected chi connectivity index (χ1v) is 23.5. The molecule has 6 heteroatoms. The van der Waals surface area contributed by atoms with Crippen LogP contribution in [0.5, 0.6) is 0 Å². The highest BCUT2D eigenvalue weighted by Gasteiger charge is 2.19. The number of unbranched alkanes of at least 4 members (excludes halogenated alkanes) is 9. The lowest BCUT2D eigenvalue weighted by Crippen LogP contribution is -2.30. The van der Waals surface area contributed by atoms with Gasteiger partial charge in [-0.2, -0.15) is 0 Å². The molecule has 0 saturated heterocycles. The third-order valence-electron chi connectivity index (χ3n) is 9.23. The Morgan fingerprint density at radius 1 is 0.350 bits per heavy atom. The van der Waals surface area contributed by atoms with Gasteiger partial charge < -0.3 is 14.2 Å². The van der Waals surface area contributed by atoms with Crippen molar-refractivity contribution in [3.63, 3.8) is 0 Å². The van der Waals surface area contributed by atoms with E-state index in [0.717, 1.165) is 116 Å². The van der Waals surface area contributed by atoms with Crippen molar-refractivity contribution in [2.75, 3.05) is 13.2 Å². The number of hydrogen-bond donors (Lipinski definition) is 0. The van der Waals surface area contributed by atoms with E-state index in [9.17, 15) is 14.4 Å². The molecule has 0 heterocycles. The first-order chi connectivity index (χ1) is 29.5. The minimum Gasteiger partial charge on any atom is -0.462 e. The van der Waals surface area contributed by atoms with Crippen LogP contribution in [0.15, 0.2) is 122 Å². The van der Waals surface area contributed by atoms with Crippen LogP contribution >= 0.6 is 0 Å². The van der Waals surface area contributed by atoms with Gasteiger partial charge in [-0.05, 0) is 96.3 Å². The number of allylic oxidation sites excluding steroid dienone is 20. The molecule has 1 atom stereocenters. The lowest BCUT2D eigenvalue weighted by Gasteiger charge is -2.18. The van der Waals surface area contributed by atoms with Crippen LogP contribution in [-0.4, -0.2) is 37.2 Å². The minimum absolute atomic E-state index is 0.115. The molecule has 0 radical (unpaired) electrons. The summed E-state index contributed by atoms with van der Waals surface area (Å²) in [4.78, 5) is 37.6. The number of carbonyl (C=O) groups excluding carboxylic acids is 3. The lowest BCUT2D eigenvalue weighted by molar-refractivity contribution is -0.166. The highest BCUT2D eigenvalue weighted by Crippen LogP contribution is 2.11. The normalized spacial score (nSPS) is 13.2. The van der Waals surface area contributed by atoms with Gasteiger partial charge in [0.2, 0.25) is 0 Å². The maximum absolute atomic E-state index is 12.7. The van der Waals surface area contributed by atoms with E-state index in [-0.39, 0.29) is 44.0 Å². The second-order valence-electron chi connectivity index (χ2n) is 14.9. The van der Waals surface area contributed by atoms with Gasteiger partial charge in [0.15, 0.2) is 6.10 Å². The Balaban J connectivity index is 4.45. The molecule has 0 bridgehead atoms. The summed E-state index contributed by atoms with van der Waals surface area (Å²) in [6, 6.07) is 0. The third kappa shape index (κ3) is 44.9. The number of hydrogen-bond acceptors (Lipinski definition) is 6. The predicted octanol–water partition coefficient (Wildman–Crippen LogP) is 15.4. The van der Waals surface area contributed by atoms with E-state index < -0.39 is 6.10 Å². The van der Waals surface area contributed by atoms with Gasteiger partial charge in [0, 0.05) is 19.3 Å². The highest BCUT2D eigenvalue weighted by atomic mass is 16.6. The number of carbonyl (C=O) groups is 3. The van der Waals surface area contributed by atoms with Crippen LogP contribution in [-0.2, 0) is 28.6 Å². The van der Waals surface area contributed by atoms with Crippen molar-refractivity contribution in [2.24, 2.45) is 0 Å². The molecule has 0 rings (SSSR count). The third-order valence-corrected chi connectivity index (χ3v) is 9.23. The van der Waals surface area contributed by atoms with Crippen molar-refractivity contribution in [1.82, 2.24) is 0 Å². The lowest BCUT2D eigenvalue weighted by atomic mass is 10.1. The molecule has 0 N–H and O–H groups in total. The fraction of sp³-hybridized carbons (Fsp3) is 0.574. The maximum atomic E-state index is 12.7. The zero-order chi connectivity index (χ0) is 43.7. The molecule has 0 saturated carbocycles. The Morgan fingerprint density at radius 2 is 0.683 bits per heavy atom. The van der Waals surface area contributed by atoms with Crippen LogP contribution in [0, 0.1) is 0 Å². The predicted molar refractivity (Wildman–Crippen MR) is 256 cm³/mol. The number of ether oxygens (including phenoxy) is 3. The maximum Gasteiger partial charge on any atom is 0.306 e. The second-order valence-corrected chi connectivity index (χ2v) is 14.9. The molecule has 0 aliphatic carbocycles. The quantitative estimate of drug-likeness (QED) is 0.0265.